The Hall–Kier alpha value is -0.900. The number of hydrogen-bond acceptors (Lipinski definition) is 2. The van der Waals surface area contributed by atoms with Gasteiger partial charge in [0, 0.05) is 6.42 Å². The Morgan fingerprint density at radius 1 is 1.78 bits per heavy atom. The minimum Gasteiger partial charge on any atom is -0.502 e. The van der Waals surface area contributed by atoms with Gasteiger partial charge in [-0.05, 0) is 18.3 Å². The zero-order valence-electron chi connectivity index (χ0n) is 4.70. The SMILES string of the molecule is NC(=O)/C=C/CC(O)=S. The lowest BCUT2D eigenvalue weighted by Gasteiger charge is -1.83. The lowest BCUT2D eigenvalue weighted by atomic mass is 10.4. The zero-order chi connectivity index (χ0) is 7.28. The molecule has 3 N–H and O–H groups in total. The third kappa shape index (κ3) is 7.10. The highest BCUT2D eigenvalue weighted by Crippen LogP contribution is 1.83. The second-order valence-electron chi connectivity index (χ2n) is 1.40. The number of aliphatic hydroxyl groups excluding tert-OH is 1. The molecule has 3 nitrogen and oxygen atoms in total. The minimum absolute atomic E-state index is 0.146. The highest BCUT2D eigenvalue weighted by molar-refractivity contribution is 7.80. The maximum Gasteiger partial charge on any atom is 0.241 e. The average Bonchev–Trinajstić information content (AvgIpc) is 1.63. The summed E-state index contributed by atoms with van der Waals surface area (Å²) in [6, 6.07) is 0. The predicted octanol–water partition coefficient (Wildman–Crippen LogP) is 0.303. The molecule has 0 spiro atoms. The Morgan fingerprint density at radius 3 is 2.67 bits per heavy atom. The van der Waals surface area contributed by atoms with Gasteiger partial charge in [0.1, 0.15) is 0 Å². The zero-order valence-corrected chi connectivity index (χ0v) is 5.52. The van der Waals surface area contributed by atoms with Crippen LogP contribution in [0.5, 0.6) is 0 Å². The van der Waals surface area contributed by atoms with E-state index >= 15 is 0 Å². The van der Waals surface area contributed by atoms with Gasteiger partial charge in [0.05, 0.1) is 0 Å². The van der Waals surface area contributed by atoms with Crippen LogP contribution in [0.4, 0.5) is 0 Å². The van der Waals surface area contributed by atoms with Gasteiger partial charge in [-0.15, -0.1) is 0 Å². The van der Waals surface area contributed by atoms with Gasteiger partial charge in [0.15, 0.2) is 5.05 Å². The van der Waals surface area contributed by atoms with Crippen molar-refractivity contribution in [2.45, 2.75) is 6.42 Å². The molecule has 0 aromatic carbocycles. The van der Waals surface area contributed by atoms with Crippen molar-refractivity contribution in [1.82, 2.24) is 0 Å². The van der Waals surface area contributed by atoms with Gasteiger partial charge in [0.2, 0.25) is 5.91 Å². The van der Waals surface area contributed by atoms with Crippen LogP contribution in [0.2, 0.25) is 0 Å². The van der Waals surface area contributed by atoms with E-state index in [0.29, 0.717) is 0 Å². The fraction of sp³-hybridized carbons (Fsp3) is 0.200. The van der Waals surface area contributed by atoms with Crippen LogP contribution in [-0.2, 0) is 4.79 Å². The Morgan fingerprint density at radius 2 is 2.33 bits per heavy atom. The van der Waals surface area contributed by atoms with Gasteiger partial charge in [-0.1, -0.05) is 6.08 Å². The van der Waals surface area contributed by atoms with E-state index in [0.717, 1.165) is 6.08 Å². The smallest absolute Gasteiger partial charge is 0.241 e. The molecule has 50 valence electrons. The normalized spacial score (nSPS) is 9.78. The predicted molar refractivity (Wildman–Crippen MR) is 38.2 cm³/mol. The van der Waals surface area contributed by atoms with Crippen LogP contribution in [-0.4, -0.2) is 16.1 Å². The van der Waals surface area contributed by atoms with Crippen LogP contribution in [0.1, 0.15) is 6.42 Å². The third-order valence-electron chi connectivity index (χ3n) is 0.575. The van der Waals surface area contributed by atoms with Crippen LogP contribution in [0.15, 0.2) is 12.2 Å². The van der Waals surface area contributed by atoms with Gasteiger partial charge >= 0.3 is 0 Å². The summed E-state index contributed by atoms with van der Waals surface area (Å²) >= 11 is 4.30. The molecule has 0 saturated heterocycles. The number of rotatable bonds is 3. The van der Waals surface area contributed by atoms with Gasteiger partial charge in [-0.2, -0.15) is 0 Å². The lowest BCUT2D eigenvalue weighted by molar-refractivity contribution is -0.113. The van der Waals surface area contributed by atoms with E-state index in [4.69, 9.17) is 10.8 Å². The van der Waals surface area contributed by atoms with Crippen LogP contribution in [0.25, 0.3) is 0 Å². The quantitative estimate of drug-likeness (QED) is 0.443. The summed E-state index contributed by atoms with van der Waals surface area (Å²) in [6.07, 6.45) is 2.77. The molecule has 0 aliphatic rings. The van der Waals surface area contributed by atoms with Crippen molar-refractivity contribution in [3.05, 3.63) is 12.2 Å². The Balaban J connectivity index is 3.48. The van der Waals surface area contributed by atoms with E-state index in [1.165, 1.54) is 6.08 Å². The second-order valence-corrected chi connectivity index (χ2v) is 1.87. The first kappa shape index (κ1) is 8.10. The first-order valence-electron chi connectivity index (χ1n) is 2.30. The summed E-state index contributed by atoms with van der Waals surface area (Å²) in [5, 5.41) is 8.25. The molecule has 1 amide bonds. The maximum absolute atomic E-state index is 9.99. The van der Waals surface area contributed by atoms with E-state index in [-0.39, 0.29) is 11.5 Å². The second kappa shape index (κ2) is 4.03. The number of nitrogens with two attached hydrogens (primary N) is 1. The first-order valence-corrected chi connectivity index (χ1v) is 2.71. The number of amides is 1. The molecule has 0 atom stereocenters. The molecular formula is C5H7NO2S. The van der Waals surface area contributed by atoms with E-state index in [1.54, 1.807) is 0 Å². The molecule has 0 saturated carbocycles. The third-order valence-corrected chi connectivity index (χ3v) is 0.741. The summed E-state index contributed by atoms with van der Waals surface area (Å²) in [6.45, 7) is 0. The molecule has 0 aliphatic heterocycles. The number of primary amides is 1. The molecule has 0 aromatic rings. The van der Waals surface area contributed by atoms with Crippen molar-refractivity contribution in [1.29, 1.82) is 0 Å². The van der Waals surface area contributed by atoms with Crippen molar-refractivity contribution in [3.63, 3.8) is 0 Å². The number of carbonyl (C=O) groups is 1. The largest absolute Gasteiger partial charge is 0.502 e. The standard InChI is InChI=1S/C5H7NO2S/c6-4(7)2-1-3-5(8)9/h1-2H,3H2,(H2,6,7)(H,8,9)/b2-1+. The molecule has 0 aromatic heterocycles. The fourth-order valence-electron chi connectivity index (χ4n) is 0.276. The summed E-state index contributed by atoms with van der Waals surface area (Å²) in [5.41, 5.74) is 4.73. The van der Waals surface area contributed by atoms with Gasteiger partial charge in [0.25, 0.3) is 0 Å². The van der Waals surface area contributed by atoms with Gasteiger partial charge in [-0.25, -0.2) is 0 Å². The van der Waals surface area contributed by atoms with Crippen molar-refractivity contribution < 1.29 is 9.90 Å². The highest BCUT2D eigenvalue weighted by atomic mass is 32.1. The lowest BCUT2D eigenvalue weighted by Crippen LogP contribution is -2.05. The van der Waals surface area contributed by atoms with Crippen LogP contribution in [0.3, 0.4) is 0 Å². The molecule has 0 heterocycles. The number of thiocarbonyl (C=S) groups is 1. The Kier molecular flexibility index (Phi) is 3.62. The first-order chi connectivity index (χ1) is 4.13. The molecule has 0 bridgehead atoms. The van der Waals surface area contributed by atoms with Crippen LogP contribution >= 0.6 is 12.2 Å². The van der Waals surface area contributed by atoms with E-state index in [2.05, 4.69) is 12.2 Å². The average molecular weight is 145 g/mol. The summed E-state index contributed by atoms with van der Waals surface area (Å²) in [7, 11) is 0. The van der Waals surface area contributed by atoms with Crippen molar-refractivity contribution in [2.75, 3.05) is 0 Å². The van der Waals surface area contributed by atoms with Crippen molar-refractivity contribution >= 4 is 23.2 Å². The molecule has 0 aliphatic carbocycles. The number of aliphatic hydroxyl groups is 1. The topological polar surface area (TPSA) is 63.3 Å². The molecule has 0 fully saturated rings. The summed E-state index contributed by atoms with van der Waals surface area (Å²) in [5.74, 6) is -0.536. The molecule has 4 heteroatoms. The van der Waals surface area contributed by atoms with Gasteiger partial charge < -0.3 is 10.8 Å². The number of hydrogen-bond donors (Lipinski definition) is 2. The molecule has 0 rings (SSSR count). The number of carbonyl (C=O) groups excluding carboxylic acids is 1. The molecular weight excluding hydrogens is 138 g/mol. The summed E-state index contributed by atoms with van der Waals surface area (Å²) in [4.78, 5) is 9.99. The Bertz CT molecular complexity index is 153. The van der Waals surface area contributed by atoms with E-state index in [9.17, 15) is 4.79 Å². The monoisotopic (exact) mass is 145 g/mol. The summed E-state index contributed by atoms with van der Waals surface area (Å²) < 4.78 is 0. The minimum atomic E-state index is -0.536. The maximum atomic E-state index is 9.99. The van der Waals surface area contributed by atoms with Crippen molar-refractivity contribution in [3.8, 4) is 0 Å². The van der Waals surface area contributed by atoms with E-state index in [1.807, 2.05) is 0 Å². The molecule has 0 unspecified atom stereocenters. The van der Waals surface area contributed by atoms with Crippen molar-refractivity contribution in [2.24, 2.45) is 5.73 Å². The fourth-order valence-corrected chi connectivity index (χ4v) is 0.372. The van der Waals surface area contributed by atoms with Crippen LogP contribution < -0.4 is 5.73 Å². The molecule has 9 heavy (non-hydrogen) atoms. The van der Waals surface area contributed by atoms with Crippen LogP contribution in [0, 0.1) is 0 Å². The van der Waals surface area contributed by atoms with Gasteiger partial charge in [-0.3, -0.25) is 4.79 Å². The highest BCUT2D eigenvalue weighted by Gasteiger charge is 1.85. The molecule has 0 radical (unpaired) electrons. The Labute approximate surface area is 58.2 Å². The van der Waals surface area contributed by atoms with E-state index < -0.39 is 5.91 Å².